The van der Waals surface area contributed by atoms with E-state index in [1.54, 1.807) is 7.05 Å². The van der Waals surface area contributed by atoms with Gasteiger partial charge in [0.25, 0.3) is 0 Å². The second-order valence-corrected chi connectivity index (χ2v) is 6.13. The molecule has 0 aromatic heterocycles. The largest absolute Gasteiger partial charge is 0.491 e. The van der Waals surface area contributed by atoms with Gasteiger partial charge in [-0.15, -0.1) is 24.0 Å². The quantitative estimate of drug-likeness (QED) is 0.226. The lowest BCUT2D eigenvalue weighted by Crippen LogP contribution is -2.49. The lowest BCUT2D eigenvalue weighted by Gasteiger charge is -2.33. The molecular formula is C19H30IN3O3. The summed E-state index contributed by atoms with van der Waals surface area (Å²) in [5, 5.41) is 3.32. The van der Waals surface area contributed by atoms with Gasteiger partial charge < -0.3 is 19.7 Å². The van der Waals surface area contributed by atoms with Crippen LogP contribution in [0.25, 0.3) is 0 Å². The molecule has 1 fully saturated rings. The standard InChI is InChI=1S/C19H29N3O3.HI/c1-4-24-18(23)16-9-7-12-22(14-16)19(20-3)21-11-13-25-17-10-6-5-8-15(17)2;/h5-6,8,10,16H,4,7,9,11-14H2,1-3H3,(H,20,21);1H. The number of halogens is 1. The van der Waals surface area contributed by atoms with Crippen molar-refractivity contribution in [2.24, 2.45) is 10.9 Å². The smallest absolute Gasteiger partial charge is 0.310 e. The van der Waals surface area contributed by atoms with Crippen LogP contribution in [0.5, 0.6) is 5.75 Å². The Balaban J connectivity index is 0.00000338. The number of para-hydroxylation sites is 1. The highest BCUT2D eigenvalue weighted by Gasteiger charge is 2.28. The van der Waals surface area contributed by atoms with E-state index in [0.29, 0.717) is 26.3 Å². The molecule has 26 heavy (non-hydrogen) atoms. The van der Waals surface area contributed by atoms with E-state index in [4.69, 9.17) is 9.47 Å². The van der Waals surface area contributed by atoms with Crippen molar-refractivity contribution in [1.82, 2.24) is 10.2 Å². The third kappa shape index (κ3) is 6.66. The van der Waals surface area contributed by atoms with Crippen molar-refractivity contribution in [2.45, 2.75) is 26.7 Å². The third-order valence-corrected chi connectivity index (χ3v) is 4.29. The lowest BCUT2D eigenvalue weighted by molar-refractivity contribution is -0.149. The number of piperidine rings is 1. The monoisotopic (exact) mass is 475 g/mol. The van der Waals surface area contributed by atoms with Crippen LogP contribution in [0.15, 0.2) is 29.3 Å². The topological polar surface area (TPSA) is 63.2 Å². The normalized spacial score (nSPS) is 17.3. The number of hydrogen-bond donors (Lipinski definition) is 1. The van der Waals surface area contributed by atoms with E-state index < -0.39 is 0 Å². The number of nitrogens with one attached hydrogen (secondary N) is 1. The minimum Gasteiger partial charge on any atom is -0.491 e. The highest BCUT2D eigenvalue weighted by molar-refractivity contribution is 14.0. The minimum atomic E-state index is -0.106. The van der Waals surface area contributed by atoms with Crippen molar-refractivity contribution in [3.8, 4) is 5.75 Å². The third-order valence-electron chi connectivity index (χ3n) is 4.29. The average molecular weight is 475 g/mol. The Morgan fingerprint density at radius 3 is 2.85 bits per heavy atom. The van der Waals surface area contributed by atoms with Gasteiger partial charge in [-0.25, -0.2) is 0 Å². The molecule has 0 radical (unpaired) electrons. The van der Waals surface area contributed by atoms with Crippen molar-refractivity contribution in [2.75, 3.05) is 39.9 Å². The molecule has 1 unspecified atom stereocenters. The van der Waals surface area contributed by atoms with Crippen molar-refractivity contribution in [3.63, 3.8) is 0 Å². The molecule has 2 rings (SSSR count). The van der Waals surface area contributed by atoms with Crippen molar-refractivity contribution < 1.29 is 14.3 Å². The number of likely N-dealkylation sites (tertiary alicyclic amines) is 1. The van der Waals surface area contributed by atoms with E-state index in [9.17, 15) is 4.79 Å². The zero-order valence-electron chi connectivity index (χ0n) is 15.9. The van der Waals surface area contributed by atoms with Gasteiger partial charge in [-0.05, 0) is 38.3 Å². The second-order valence-electron chi connectivity index (χ2n) is 6.13. The summed E-state index contributed by atoms with van der Waals surface area (Å²) < 4.78 is 11.0. The van der Waals surface area contributed by atoms with Crippen LogP contribution in [-0.2, 0) is 9.53 Å². The number of esters is 1. The molecule has 1 aliphatic rings. The molecule has 1 saturated heterocycles. The van der Waals surface area contributed by atoms with Gasteiger partial charge in [0, 0.05) is 20.1 Å². The van der Waals surface area contributed by atoms with Crippen molar-refractivity contribution in [1.29, 1.82) is 0 Å². The van der Waals surface area contributed by atoms with Gasteiger partial charge in [0.2, 0.25) is 0 Å². The van der Waals surface area contributed by atoms with Crippen LogP contribution < -0.4 is 10.1 Å². The molecule has 0 amide bonds. The molecule has 6 nitrogen and oxygen atoms in total. The van der Waals surface area contributed by atoms with E-state index in [1.807, 2.05) is 38.1 Å². The van der Waals surface area contributed by atoms with Crippen LogP contribution in [0.1, 0.15) is 25.3 Å². The molecule has 0 bridgehead atoms. The van der Waals surface area contributed by atoms with Gasteiger partial charge in [-0.2, -0.15) is 0 Å². The first-order valence-electron chi connectivity index (χ1n) is 8.96. The molecule has 1 atom stereocenters. The molecular weight excluding hydrogens is 445 g/mol. The fourth-order valence-corrected chi connectivity index (χ4v) is 3.00. The van der Waals surface area contributed by atoms with Crippen LogP contribution in [0.4, 0.5) is 0 Å². The Hall–Kier alpha value is -1.51. The van der Waals surface area contributed by atoms with Crippen molar-refractivity contribution in [3.05, 3.63) is 29.8 Å². The van der Waals surface area contributed by atoms with Crippen LogP contribution in [0.3, 0.4) is 0 Å². The minimum absolute atomic E-state index is 0. The van der Waals surface area contributed by atoms with Crippen LogP contribution in [-0.4, -0.2) is 56.7 Å². The van der Waals surface area contributed by atoms with Gasteiger partial charge >= 0.3 is 5.97 Å². The maximum atomic E-state index is 12.0. The number of nitrogens with zero attached hydrogens (tertiary/aromatic N) is 2. The zero-order valence-corrected chi connectivity index (χ0v) is 18.2. The molecule has 0 aliphatic carbocycles. The predicted octanol–water partition coefficient (Wildman–Crippen LogP) is 2.84. The summed E-state index contributed by atoms with van der Waals surface area (Å²) in [4.78, 5) is 18.4. The number of aryl methyl sites for hydroxylation is 1. The highest BCUT2D eigenvalue weighted by Crippen LogP contribution is 2.18. The van der Waals surface area contributed by atoms with Crippen molar-refractivity contribution >= 4 is 35.9 Å². The molecule has 1 N–H and O–H groups in total. The Kier molecular flexibility index (Phi) is 10.4. The van der Waals surface area contributed by atoms with E-state index >= 15 is 0 Å². The molecule has 7 heteroatoms. The number of benzene rings is 1. The van der Waals surface area contributed by atoms with Gasteiger partial charge in [-0.3, -0.25) is 9.79 Å². The lowest BCUT2D eigenvalue weighted by atomic mass is 9.98. The molecule has 1 aromatic rings. The van der Waals surface area contributed by atoms with Gasteiger partial charge in [0.15, 0.2) is 5.96 Å². The summed E-state index contributed by atoms with van der Waals surface area (Å²) in [5.74, 6) is 1.53. The van der Waals surface area contributed by atoms with Crippen LogP contribution in [0, 0.1) is 12.8 Å². The number of aliphatic imine (C=N–C) groups is 1. The summed E-state index contributed by atoms with van der Waals surface area (Å²) >= 11 is 0. The van der Waals surface area contributed by atoms with E-state index in [0.717, 1.165) is 36.7 Å². The van der Waals surface area contributed by atoms with Gasteiger partial charge in [0.1, 0.15) is 12.4 Å². The van der Waals surface area contributed by atoms with E-state index in [1.165, 1.54) is 0 Å². The maximum Gasteiger partial charge on any atom is 0.310 e. The summed E-state index contributed by atoms with van der Waals surface area (Å²) in [6.07, 6.45) is 1.84. The Bertz CT molecular complexity index is 595. The number of ether oxygens (including phenoxy) is 2. The Morgan fingerprint density at radius 1 is 1.38 bits per heavy atom. The Labute approximate surface area is 173 Å². The number of carbonyl (C=O) groups excluding carboxylic acids is 1. The first-order valence-corrected chi connectivity index (χ1v) is 8.96. The number of hydrogen-bond acceptors (Lipinski definition) is 4. The first-order chi connectivity index (χ1) is 12.2. The SMILES string of the molecule is CCOC(=O)C1CCCN(C(=NC)NCCOc2ccccc2C)C1.I. The molecule has 0 saturated carbocycles. The van der Waals surface area contributed by atoms with E-state index in [2.05, 4.69) is 15.2 Å². The predicted molar refractivity (Wildman–Crippen MR) is 114 cm³/mol. The Morgan fingerprint density at radius 2 is 2.15 bits per heavy atom. The number of carbonyl (C=O) groups is 1. The molecule has 1 heterocycles. The first kappa shape index (κ1) is 22.5. The molecule has 146 valence electrons. The zero-order chi connectivity index (χ0) is 18.1. The van der Waals surface area contributed by atoms with Crippen LogP contribution in [0.2, 0.25) is 0 Å². The molecule has 1 aromatic carbocycles. The summed E-state index contributed by atoms with van der Waals surface area (Å²) in [7, 11) is 1.76. The number of guanidine groups is 1. The maximum absolute atomic E-state index is 12.0. The molecule has 0 spiro atoms. The van der Waals surface area contributed by atoms with Gasteiger partial charge in [0.05, 0.1) is 19.1 Å². The summed E-state index contributed by atoms with van der Waals surface area (Å²) in [6, 6.07) is 7.97. The summed E-state index contributed by atoms with van der Waals surface area (Å²) in [5.41, 5.74) is 1.13. The van der Waals surface area contributed by atoms with Crippen LogP contribution >= 0.6 is 24.0 Å². The average Bonchev–Trinajstić information content (AvgIpc) is 2.63. The van der Waals surface area contributed by atoms with E-state index in [-0.39, 0.29) is 35.9 Å². The highest BCUT2D eigenvalue weighted by atomic mass is 127. The second kappa shape index (κ2) is 12.0. The van der Waals surface area contributed by atoms with Gasteiger partial charge in [-0.1, -0.05) is 18.2 Å². The number of rotatable bonds is 6. The summed E-state index contributed by atoms with van der Waals surface area (Å²) in [6.45, 7) is 7.06. The fraction of sp³-hybridized carbons (Fsp3) is 0.579. The molecule has 1 aliphatic heterocycles. The fourth-order valence-electron chi connectivity index (χ4n) is 3.00.